The normalized spacial score (nSPS) is 16.6. The third-order valence-electron chi connectivity index (χ3n) is 5.78. The molecule has 0 aliphatic carbocycles. The molecule has 1 aliphatic heterocycles. The molecule has 0 bridgehead atoms. The number of carbonyl (C=O) groups is 1. The van der Waals surface area contributed by atoms with E-state index < -0.39 is 5.60 Å². The molecule has 1 atom stereocenters. The van der Waals surface area contributed by atoms with E-state index in [2.05, 4.69) is 32.1 Å². The highest BCUT2D eigenvalue weighted by Gasteiger charge is 2.33. The zero-order valence-corrected chi connectivity index (χ0v) is 20.3. The third kappa shape index (κ3) is 4.01. The highest BCUT2D eigenvalue weighted by atomic mass is 79.9. The van der Waals surface area contributed by atoms with Crippen LogP contribution in [0.1, 0.15) is 38.8 Å². The van der Waals surface area contributed by atoms with Crippen molar-refractivity contribution in [2.45, 2.75) is 38.7 Å². The zero-order chi connectivity index (χ0) is 23.3. The Morgan fingerprint density at radius 2 is 2.03 bits per heavy atom. The summed E-state index contributed by atoms with van der Waals surface area (Å²) in [4.78, 5) is 23.8. The molecule has 0 radical (unpaired) electrons. The molecule has 5 rings (SSSR count). The smallest absolute Gasteiger partial charge is 0.410 e. The van der Waals surface area contributed by atoms with Crippen molar-refractivity contribution in [3.63, 3.8) is 0 Å². The summed E-state index contributed by atoms with van der Waals surface area (Å²) >= 11 is 3.62. The van der Waals surface area contributed by atoms with Crippen LogP contribution in [0.4, 0.5) is 10.6 Å². The van der Waals surface area contributed by atoms with E-state index in [1.807, 2.05) is 51.2 Å². The van der Waals surface area contributed by atoms with Gasteiger partial charge in [0, 0.05) is 41.7 Å². The maximum absolute atomic E-state index is 12.5. The van der Waals surface area contributed by atoms with E-state index in [9.17, 15) is 4.79 Å². The number of carbonyl (C=O) groups excluding carboxylic acids is 1. The summed E-state index contributed by atoms with van der Waals surface area (Å²) in [5.41, 5.74) is 10.1. The van der Waals surface area contributed by atoms with Crippen LogP contribution in [-0.4, -0.2) is 49.3 Å². The Hall–Kier alpha value is -3.20. The van der Waals surface area contributed by atoms with E-state index >= 15 is 0 Å². The van der Waals surface area contributed by atoms with Crippen molar-refractivity contribution < 1.29 is 9.53 Å². The number of fused-ring (bicyclic) bond motifs is 2. The second-order valence-electron chi connectivity index (χ2n) is 9.32. The average Bonchev–Trinajstić information content (AvgIpc) is 3.42. The largest absolute Gasteiger partial charge is 0.444 e. The van der Waals surface area contributed by atoms with E-state index in [1.165, 1.54) is 0 Å². The molecule has 170 valence electrons. The fraction of sp³-hybridized carbons (Fsp3) is 0.333. The lowest BCUT2D eigenvalue weighted by Crippen LogP contribution is -2.35. The maximum atomic E-state index is 12.5. The summed E-state index contributed by atoms with van der Waals surface area (Å²) in [5.74, 6) is 0.516. The summed E-state index contributed by atoms with van der Waals surface area (Å²) in [6.45, 7) is 6.74. The van der Waals surface area contributed by atoms with Gasteiger partial charge in [-0.05, 0) is 55.3 Å². The Balaban J connectivity index is 1.52. The molecule has 4 aromatic rings. The molecule has 3 aromatic heterocycles. The van der Waals surface area contributed by atoms with Crippen LogP contribution in [0.5, 0.6) is 0 Å². The van der Waals surface area contributed by atoms with Crippen LogP contribution in [0.25, 0.3) is 27.7 Å². The molecule has 2 N–H and O–H groups in total. The number of hydrogen-bond acceptors (Lipinski definition) is 6. The molecule has 0 spiro atoms. The van der Waals surface area contributed by atoms with E-state index in [1.54, 1.807) is 15.6 Å². The summed E-state index contributed by atoms with van der Waals surface area (Å²) in [7, 11) is 0. The lowest BCUT2D eigenvalue weighted by Gasteiger charge is -2.24. The fourth-order valence-corrected chi connectivity index (χ4v) is 4.76. The Bertz CT molecular complexity index is 1380. The highest BCUT2D eigenvalue weighted by molar-refractivity contribution is 9.10. The molecule has 1 amide bonds. The Morgan fingerprint density at radius 1 is 1.24 bits per heavy atom. The van der Waals surface area contributed by atoms with Crippen molar-refractivity contribution in [3.05, 3.63) is 52.9 Å². The van der Waals surface area contributed by atoms with Gasteiger partial charge in [0.15, 0.2) is 5.65 Å². The van der Waals surface area contributed by atoms with Gasteiger partial charge in [0.25, 0.3) is 0 Å². The first-order valence-electron chi connectivity index (χ1n) is 10.9. The molecule has 1 aromatic carbocycles. The number of nitrogens with zero attached hydrogens (tertiary/aromatic N) is 5. The van der Waals surface area contributed by atoms with Gasteiger partial charge in [-0.15, -0.1) is 0 Å². The van der Waals surface area contributed by atoms with Gasteiger partial charge < -0.3 is 15.4 Å². The number of benzene rings is 1. The van der Waals surface area contributed by atoms with Gasteiger partial charge in [0.05, 0.1) is 21.9 Å². The molecule has 4 heterocycles. The third-order valence-corrected chi connectivity index (χ3v) is 6.59. The van der Waals surface area contributed by atoms with Crippen molar-refractivity contribution in [2.75, 3.05) is 18.8 Å². The molecular weight excluding hydrogens is 484 g/mol. The minimum atomic E-state index is -0.530. The number of nitrogen functional groups attached to an aromatic ring is 1. The zero-order valence-electron chi connectivity index (χ0n) is 18.7. The summed E-state index contributed by atoms with van der Waals surface area (Å²) in [6.07, 6.45) is 4.07. The van der Waals surface area contributed by atoms with Crippen molar-refractivity contribution >= 4 is 44.4 Å². The predicted molar refractivity (Wildman–Crippen MR) is 131 cm³/mol. The summed E-state index contributed by atoms with van der Waals surface area (Å²) in [5, 5.41) is 5.52. The first-order valence-corrected chi connectivity index (χ1v) is 11.7. The quantitative estimate of drug-likeness (QED) is 0.408. The standard InChI is InChI=1S/C24H25BrN6O2/c1-24(2,3)33-23(32)30-9-8-15(13-30)20-19(25)21(26)31-22(29-20)17(12-28-31)16-10-14-6-4-5-7-18(14)27-11-16/h4-7,10-12,15H,8-9,13,26H2,1-3H3. The number of para-hydroxylation sites is 1. The monoisotopic (exact) mass is 508 g/mol. The topological polar surface area (TPSA) is 98.6 Å². The van der Waals surface area contributed by atoms with Crippen LogP contribution < -0.4 is 5.73 Å². The van der Waals surface area contributed by atoms with Crippen LogP contribution in [0.3, 0.4) is 0 Å². The molecule has 0 saturated carbocycles. The molecule has 1 aliphatic rings. The Morgan fingerprint density at radius 3 is 2.82 bits per heavy atom. The minimum Gasteiger partial charge on any atom is -0.444 e. The van der Waals surface area contributed by atoms with Gasteiger partial charge >= 0.3 is 6.09 Å². The number of rotatable bonds is 2. The van der Waals surface area contributed by atoms with Crippen LogP contribution in [0, 0.1) is 0 Å². The van der Waals surface area contributed by atoms with Gasteiger partial charge in [-0.2, -0.15) is 9.61 Å². The Kier molecular flexibility index (Phi) is 5.23. The molecule has 1 fully saturated rings. The number of ether oxygens (including phenoxy) is 1. The van der Waals surface area contributed by atoms with Crippen LogP contribution >= 0.6 is 15.9 Å². The molecule has 1 unspecified atom stereocenters. The number of amides is 1. The van der Waals surface area contributed by atoms with E-state index in [0.29, 0.717) is 29.0 Å². The van der Waals surface area contributed by atoms with E-state index in [4.69, 9.17) is 15.5 Å². The lowest BCUT2D eigenvalue weighted by atomic mass is 10.0. The van der Waals surface area contributed by atoms with Crippen molar-refractivity contribution in [2.24, 2.45) is 0 Å². The van der Waals surface area contributed by atoms with Crippen molar-refractivity contribution in [1.82, 2.24) is 24.5 Å². The van der Waals surface area contributed by atoms with E-state index in [0.717, 1.165) is 34.1 Å². The minimum absolute atomic E-state index is 0.0386. The number of likely N-dealkylation sites (tertiary alicyclic amines) is 1. The second-order valence-corrected chi connectivity index (χ2v) is 10.1. The van der Waals surface area contributed by atoms with Gasteiger partial charge in [-0.1, -0.05) is 18.2 Å². The molecular formula is C24H25BrN6O2. The summed E-state index contributed by atoms with van der Waals surface area (Å²) in [6, 6.07) is 10.1. The van der Waals surface area contributed by atoms with Gasteiger partial charge in [0.1, 0.15) is 11.4 Å². The SMILES string of the molecule is CC(C)(C)OC(=O)N1CCC(c2nc3c(-c4cnc5ccccc5c4)cnn3c(N)c2Br)C1. The number of pyridine rings is 1. The van der Waals surface area contributed by atoms with Crippen LogP contribution in [-0.2, 0) is 4.74 Å². The fourth-order valence-electron chi connectivity index (χ4n) is 4.18. The number of aromatic nitrogens is 4. The molecule has 9 heteroatoms. The molecule has 1 saturated heterocycles. The Labute approximate surface area is 199 Å². The highest BCUT2D eigenvalue weighted by Crippen LogP contribution is 2.37. The van der Waals surface area contributed by atoms with Gasteiger partial charge in [0.2, 0.25) is 0 Å². The number of anilines is 1. The van der Waals surface area contributed by atoms with Crippen LogP contribution in [0.2, 0.25) is 0 Å². The van der Waals surface area contributed by atoms with Gasteiger partial charge in [-0.3, -0.25) is 4.98 Å². The second kappa shape index (κ2) is 7.98. The van der Waals surface area contributed by atoms with Crippen molar-refractivity contribution in [3.8, 4) is 11.1 Å². The maximum Gasteiger partial charge on any atom is 0.410 e. The molecule has 33 heavy (non-hydrogen) atoms. The average molecular weight is 509 g/mol. The predicted octanol–water partition coefficient (Wildman–Crippen LogP) is 5.01. The number of hydrogen-bond donors (Lipinski definition) is 1. The first-order chi connectivity index (χ1) is 15.7. The lowest BCUT2D eigenvalue weighted by molar-refractivity contribution is 0.0292. The van der Waals surface area contributed by atoms with E-state index in [-0.39, 0.29) is 12.0 Å². The summed E-state index contributed by atoms with van der Waals surface area (Å²) < 4.78 is 7.88. The molecule has 8 nitrogen and oxygen atoms in total. The number of nitrogens with two attached hydrogens (primary N) is 1. The van der Waals surface area contributed by atoms with Crippen LogP contribution in [0.15, 0.2) is 47.2 Å². The van der Waals surface area contributed by atoms with Gasteiger partial charge in [-0.25, -0.2) is 9.78 Å². The number of halogens is 1. The first kappa shape index (κ1) is 21.6. The van der Waals surface area contributed by atoms with Crippen molar-refractivity contribution in [1.29, 1.82) is 0 Å².